The number of anilines is 2. The maximum atomic E-state index is 13.8. The first-order valence-electron chi connectivity index (χ1n) is 5.74. The Morgan fingerprint density at radius 2 is 1.55 bits per heavy atom. The van der Waals surface area contributed by atoms with Crippen molar-refractivity contribution in [3.8, 4) is 0 Å². The fraction of sp³-hybridized carbons (Fsp3) is 0.0714. The minimum Gasteiger partial charge on any atom is -0.274 e. The van der Waals surface area contributed by atoms with Gasteiger partial charge in [0.25, 0.3) is 0 Å². The van der Waals surface area contributed by atoms with E-state index in [0.29, 0.717) is 10.5 Å². The number of rotatable bonds is 1. The lowest BCUT2D eigenvalue weighted by molar-refractivity contribution is -0.116. The second-order valence-corrected chi connectivity index (χ2v) is 4.35. The highest BCUT2D eigenvalue weighted by Crippen LogP contribution is 2.39. The van der Waals surface area contributed by atoms with Crippen LogP contribution in [0.4, 0.5) is 28.9 Å². The molecular formula is C14H7F4NO. The van der Waals surface area contributed by atoms with Crippen molar-refractivity contribution in [2.75, 3.05) is 4.90 Å². The van der Waals surface area contributed by atoms with Gasteiger partial charge in [-0.3, -0.25) is 9.69 Å². The van der Waals surface area contributed by atoms with Crippen molar-refractivity contribution < 1.29 is 22.4 Å². The van der Waals surface area contributed by atoms with E-state index in [9.17, 15) is 22.4 Å². The van der Waals surface area contributed by atoms with Gasteiger partial charge in [-0.25, -0.2) is 17.6 Å². The Kier molecular flexibility index (Phi) is 2.74. The van der Waals surface area contributed by atoms with Crippen LogP contribution < -0.4 is 4.90 Å². The van der Waals surface area contributed by atoms with Crippen LogP contribution in [0.3, 0.4) is 0 Å². The standard InChI is InChI=1S/C14H7F4NO/c15-8-6-9(16)13(18)14(12(8)17)19-10-4-2-1-3-7(10)5-11(19)20/h1-4,6H,5H2. The van der Waals surface area contributed by atoms with Crippen LogP contribution in [0.15, 0.2) is 30.3 Å². The first kappa shape index (κ1) is 12.7. The van der Waals surface area contributed by atoms with Crippen molar-refractivity contribution in [3.05, 3.63) is 59.2 Å². The number of hydrogen-bond donors (Lipinski definition) is 0. The van der Waals surface area contributed by atoms with E-state index in [1.54, 1.807) is 18.2 Å². The van der Waals surface area contributed by atoms with Gasteiger partial charge in [0.05, 0.1) is 12.1 Å². The van der Waals surface area contributed by atoms with Crippen LogP contribution in [-0.2, 0) is 11.2 Å². The molecule has 0 unspecified atom stereocenters. The Labute approximate surface area is 111 Å². The van der Waals surface area contributed by atoms with Crippen LogP contribution in [0.5, 0.6) is 0 Å². The van der Waals surface area contributed by atoms with Gasteiger partial charge >= 0.3 is 0 Å². The molecule has 0 fully saturated rings. The highest BCUT2D eigenvalue weighted by atomic mass is 19.2. The second kappa shape index (κ2) is 4.33. The molecule has 2 aromatic carbocycles. The molecule has 1 amide bonds. The lowest BCUT2D eigenvalue weighted by atomic mass is 10.1. The molecule has 0 saturated heterocycles. The zero-order chi connectivity index (χ0) is 14.4. The average Bonchev–Trinajstić information content (AvgIpc) is 2.74. The third kappa shape index (κ3) is 1.68. The number of carbonyl (C=O) groups is 1. The molecule has 1 aliphatic heterocycles. The molecule has 1 aliphatic rings. The molecule has 0 atom stereocenters. The number of nitrogens with zero attached hydrogens (tertiary/aromatic N) is 1. The van der Waals surface area contributed by atoms with Gasteiger partial charge < -0.3 is 0 Å². The number of hydrogen-bond acceptors (Lipinski definition) is 1. The SMILES string of the molecule is O=C1Cc2ccccc2N1c1c(F)c(F)cc(F)c1F. The first-order valence-corrected chi connectivity index (χ1v) is 5.74. The van der Waals surface area contributed by atoms with Gasteiger partial charge in [0.15, 0.2) is 23.3 Å². The van der Waals surface area contributed by atoms with E-state index in [-0.39, 0.29) is 18.2 Å². The maximum Gasteiger partial charge on any atom is 0.236 e. The normalized spacial score (nSPS) is 13.8. The van der Waals surface area contributed by atoms with Crippen LogP contribution in [0.25, 0.3) is 0 Å². The Morgan fingerprint density at radius 3 is 2.20 bits per heavy atom. The molecule has 0 N–H and O–H groups in total. The summed E-state index contributed by atoms with van der Waals surface area (Å²) in [7, 11) is 0. The summed E-state index contributed by atoms with van der Waals surface area (Å²) in [5.74, 6) is -6.91. The minimum atomic E-state index is -1.59. The van der Waals surface area contributed by atoms with Crippen molar-refractivity contribution in [2.24, 2.45) is 0 Å². The number of halogens is 4. The van der Waals surface area contributed by atoms with E-state index in [1.165, 1.54) is 6.07 Å². The molecule has 2 nitrogen and oxygen atoms in total. The molecule has 3 rings (SSSR count). The summed E-state index contributed by atoms with van der Waals surface area (Å²) in [4.78, 5) is 12.6. The number of para-hydroxylation sites is 1. The molecule has 6 heteroatoms. The van der Waals surface area contributed by atoms with Gasteiger partial charge in [0.2, 0.25) is 5.91 Å². The zero-order valence-corrected chi connectivity index (χ0v) is 9.96. The van der Waals surface area contributed by atoms with Crippen LogP contribution in [0, 0.1) is 23.3 Å². The molecule has 2 aromatic rings. The van der Waals surface area contributed by atoms with Gasteiger partial charge in [0.1, 0.15) is 5.69 Å². The fourth-order valence-corrected chi connectivity index (χ4v) is 2.26. The summed E-state index contributed by atoms with van der Waals surface area (Å²) in [6.07, 6.45) is -0.0762. The predicted octanol–water partition coefficient (Wildman–Crippen LogP) is 3.46. The monoisotopic (exact) mass is 281 g/mol. The number of amides is 1. The Bertz CT molecular complexity index is 703. The Hall–Kier alpha value is -2.37. The quantitative estimate of drug-likeness (QED) is 0.579. The fourth-order valence-electron chi connectivity index (χ4n) is 2.26. The number of carbonyl (C=O) groups excluding carboxylic acids is 1. The summed E-state index contributed by atoms with van der Waals surface area (Å²) in [6, 6.07) is 6.41. The molecule has 0 spiro atoms. The number of fused-ring (bicyclic) bond motifs is 1. The predicted molar refractivity (Wildman–Crippen MR) is 63.6 cm³/mol. The van der Waals surface area contributed by atoms with Crippen LogP contribution in [0.1, 0.15) is 5.56 Å². The lowest BCUT2D eigenvalue weighted by Crippen LogP contribution is -2.24. The van der Waals surface area contributed by atoms with Crippen molar-refractivity contribution >= 4 is 17.3 Å². The molecule has 0 saturated carbocycles. The highest BCUT2D eigenvalue weighted by molar-refractivity contribution is 6.07. The van der Waals surface area contributed by atoms with Crippen molar-refractivity contribution in [3.63, 3.8) is 0 Å². The van der Waals surface area contributed by atoms with Crippen LogP contribution in [-0.4, -0.2) is 5.91 Å². The van der Waals surface area contributed by atoms with Crippen LogP contribution in [0.2, 0.25) is 0 Å². The Balaban J connectivity index is 2.27. The van der Waals surface area contributed by atoms with E-state index in [2.05, 4.69) is 0 Å². The summed E-state index contributed by atoms with van der Waals surface area (Å²) in [5, 5.41) is 0. The summed E-state index contributed by atoms with van der Waals surface area (Å²) >= 11 is 0. The third-order valence-electron chi connectivity index (χ3n) is 3.14. The third-order valence-corrected chi connectivity index (χ3v) is 3.14. The van der Waals surface area contributed by atoms with Gasteiger partial charge in [-0.1, -0.05) is 18.2 Å². The van der Waals surface area contributed by atoms with Gasteiger partial charge in [0, 0.05) is 6.07 Å². The highest BCUT2D eigenvalue weighted by Gasteiger charge is 2.34. The van der Waals surface area contributed by atoms with Crippen molar-refractivity contribution in [1.29, 1.82) is 0 Å². The van der Waals surface area contributed by atoms with Crippen molar-refractivity contribution in [1.82, 2.24) is 0 Å². The lowest BCUT2D eigenvalue weighted by Gasteiger charge is -2.19. The second-order valence-electron chi connectivity index (χ2n) is 4.35. The van der Waals surface area contributed by atoms with Gasteiger partial charge in [-0.05, 0) is 11.6 Å². The molecular weight excluding hydrogens is 274 g/mol. The zero-order valence-electron chi connectivity index (χ0n) is 9.96. The molecule has 0 radical (unpaired) electrons. The molecule has 102 valence electrons. The average molecular weight is 281 g/mol. The van der Waals surface area contributed by atoms with E-state index in [1.807, 2.05) is 0 Å². The van der Waals surface area contributed by atoms with E-state index in [4.69, 9.17) is 0 Å². The molecule has 0 aromatic heterocycles. The van der Waals surface area contributed by atoms with Gasteiger partial charge in [-0.2, -0.15) is 0 Å². The van der Waals surface area contributed by atoms with E-state index in [0.717, 1.165) is 0 Å². The maximum absolute atomic E-state index is 13.8. The summed E-state index contributed by atoms with van der Waals surface area (Å²) in [5.41, 5.74) is -0.251. The largest absolute Gasteiger partial charge is 0.274 e. The molecule has 20 heavy (non-hydrogen) atoms. The molecule has 0 aliphatic carbocycles. The summed E-state index contributed by atoms with van der Waals surface area (Å²) < 4.78 is 54.1. The smallest absolute Gasteiger partial charge is 0.236 e. The van der Waals surface area contributed by atoms with E-state index >= 15 is 0 Å². The van der Waals surface area contributed by atoms with Gasteiger partial charge in [-0.15, -0.1) is 0 Å². The topological polar surface area (TPSA) is 20.3 Å². The van der Waals surface area contributed by atoms with Crippen molar-refractivity contribution in [2.45, 2.75) is 6.42 Å². The number of benzene rings is 2. The summed E-state index contributed by atoms with van der Waals surface area (Å²) in [6.45, 7) is 0. The minimum absolute atomic E-state index is 0.0762. The van der Waals surface area contributed by atoms with E-state index < -0.39 is 34.9 Å². The first-order chi connectivity index (χ1) is 9.50. The molecule has 1 heterocycles. The molecule has 0 bridgehead atoms. The Morgan fingerprint density at radius 1 is 0.950 bits per heavy atom. The van der Waals surface area contributed by atoms with Crippen LogP contribution >= 0.6 is 0 Å².